The van der Waals surface area contributed by atoms with Gasteiger partial charge < -0.3 is 9.84 Å². The van der Waals surface area contributed by atoms with Crippen molar-refractivity contribution in [3.05, 3.63) is 0 Å². The summed E-state index contributed by atoms with van der Waals surface area (Å²) in [5, 5.41) is 8.74. The van der Waals surface area contributed by atoms with E-state index in [2.05, 4.69) is 0 Å². The average molecular weight is 214 g/mol. The van der Waals surface area contributed by atoms with E-state index in [0.29, 0.717) is 6.42 Å². The van der Waals surface area contributed by atoms with Gasteiger partial charge in [0.2, 0.25) is 0 Å². The molecule has 1 atom stereocenters. The number of aliphatic carboxylic acids is 1. The fraction of sp³-hybridized carbons (Fsp3) is 0.818. The van der Waals surface area contributed by atoms with Crippen molar-refractivity contribution >= 4 is 11.9 Å². The smallest absolute Gasteiger partial charge is 0.345 e. The molecule has 0 bridgehead atoms. The summed E-state index contributed by atoms with van der Waals surface area (Å²) in [6.07, 6.45) is 4.30. The number of ether oxygens (including phenoxy) is 1. The highest BCUT2D eigenvalue weighted by Crippen LogP contribution is 2.25. The first-order valence-electron chi connectivity index (χ1n) is 5.58. The molecule has 0 aromatic heterocycles. The second-order valence-electron chi connectivity index (χ2n) is 4.01. The first-order valence-corrected chi connectivity index (χ1v) is 5.58. The Morgan fingerprint density at radius 3 is 2.40 bits per heavy atom. The van der Waals surface area contributed by atoms with Crippen LogP contribution in [0.1, 0.15) is 45.4 Å². The molecular weight excluding hydrogens is 196 g/mol. The molecule has 0 radical (unpaired) electrons. The SMILES string of the molecule is CCC(OC(=O)C1CCCCC1)C(=O)O. The van der Waals surface area contributed by atoms with Crippen LogP contribution in [0.25, 0.3) is 0 Å². The van der Waals surface area contributed by atoms with Crippen molar-refractivity contribution in [2.24, 2.45) is 5.92 Å². The molecule has 0 aromatic rings. The molecule has 1 saturated carbocycles. The van der Waals surface area contributed by atoms with Crippen LogP contribution < -0.4 is 0 Å². The molecule has 0 aromatic carbocycles. The maximum atomic E-state index is 11.6. The Bertz CT molecular complexity index is 231. The molecule has 0 spiro atoms. The zero-order chi connectivity index (χ0) is 11.3. The molecule has 86 valence electrons. The van der Waals surface area contributed by atoms with E-state index in [4.69, 9.17) is 9.84 Å². The fourth-order valence-corrected chi connectivity index (χ4v) is 1.88. The molecule has 0 amide bonds. The summed E-state index contributed by atoms with van der Waals surface area (Å²) in [6.45, 7) is 1.70. The molecule has 4 nitrogen and oxygen atoms in total. The van der Waals surface area contributed by atoms with Gasteiger partial charge in [0, 0.05) is 0 Å². The van der Waals surface area contributed by atoms with E-state index in [1.54, 1.807) is 6.92 Å². The third-order valence-corrected chi connectivity index (χ3v) is 2.84. The predicted octanol–water partition coefficient (Wildman–Crippen LogP) is 1.97. The van der Waals surface area contributed by atoms with Crippen LogP contribution in [0, 0.1) is 5.92 Å². The van der Waals surface area contributed by atoms with Gasteiger partial charge in [-0.05, 0) is 19.3 Å². The van der Waals surface area contributed by atoms with Crippen molar-refractivity contribution < 1.29 is 19.4 Å². The Morgan fingerprint density at radius 1 is 1.33 bits per heavy atom. The minimum Gasteiger partial charge on any atom is -0.479 e. The normalized spacial score (nSPS) is 19.5. The lowest BCUT2D eigenvalue weighted by molar-refractivity contribution is -0.167. The first kappa shape index (κ1) is 12.0. The third kappa shape index (κ3) is 3.53. The lowest BCUT2D eigenvalue weighted by Gasteiger charge is -2.21. The lowest BCUT2D eigenvalue weighted by atomic mass is 9.89. The summed E-state index contributed by atoms with van der Waals surface area (Å²) in [4.78, 5) is 22.3. The minimum absolute atomic E-state index is 0.0767. The number of esters is 1. The number of hydrogen-bond donors (Lipinski definition) is 1. The van der Waals surface area contributed by atoms with Crippen LogP contribution in [0.15, 0.2) is 0 Å². The van der Waals surface area contributed by atoms with E-state index in [9.17, 15) is 9.59 Å². The standard InChI is InChI=1S/C11H18O4/c1-2-9(10(12)13)15-11(14)8-6-4-3-5-7-8/h8-9H,2-7H2,1H3,(H,12,13). The van der Waals surface area contributed by atoms with Gasteiger partial charge in [-0.15, -0.1) is 0 Å². The lowest BCUT2D eigenvalue weighted by Crippen LogP contribution is -2.30. The highest BCUT2D eigenvalue weighted by Gasteiger charge is 2.27. The average Bonchev–Trinajstić information content (AvgIpc) is 2.26. The third-order valence-electron chi connectivity index (χ3n) is 2.84. The molecule has 1 fully saturated rings. The highest BCUT2D eigenvalue weighted by atomic mass is 16.6. The van der Waals surface area contributed by atoms with Gasteiger partial charge in [0.05, 0.1) is 5.92 Å². The van der Waals surface area contributed by atoms with E-state index < -0.39 is 12.1 Å². The number of carbonyl (C=O) groups is 2. The Morgan fingerprint density at radius 2 is 1.93 bits per heavy atom. The Hall–Kier alpha value is -1.06. The van der Waals surface area contributed by atoms with Gasteiger partial charge in [-0.1, -0.05) is 26.2 Å². The topological polar surface area (TPSA) is 63.6 Å². The largest absolute Gasteiger partial charge is 0.479 e. The molecule has 1 rings (SSSR count). The summed E-state index contributed by atoms with van der Waals surface area (Å²) < 4.78 is 4.96. The van der Waals surface area contributed by atoms with Gasteiger partial charge in [0.15, 0.2) is 6.10 Å². The second-order valence-corrected chi connectivity index (χ2v) is 4.01. The number of carboxylic acids is 1. The maximum Gasteiger partial charge on any atom is 0.345 e. The van der Waals surface area contributed by atoms with Crippen LogP contribution in [0.4, 0.5) is 0 Å². The van der Waals surface area contributed by atoms with Gasteiger partial charge in [-0.2, -0.15) is 0 Å². The van der Waals surface area contributed by atoms with Crippen LogP contribution in [0.2, 0.25) is 0 Å². The zero-order valence-electron chi connectivity index (χ0n) is 9.07. The molecular formula is C11H18O4. The van der Waals surface area contributed by atoms with Crippen molar-refractivity contribution in [3.8, 4) is 0 Å². The molecule has 4 heteroatoms. The molecule has 0 heterocycles. The monoisotopic (exact) mass is 214 g/mol. The van der Waals surface area contributed by atoms with E-state index in [-0.39, 0.29) is 11.9 Å². The Labute approximate surface area is 89.6 Å². The number of carbonyl (C=O) groups excluding carboxylic acids is 1. The Balaban J connectivity index is 2.42. The fourth-order valence-electron chi connectivity index (χ4n) is 1.88. The van der Waals surface area contributed by atoms with Crippen LogP contribution >= 0.6 is 0 Å². The number of carboxylic acid groups (broad SMARTS) is 1. The van der Waals surface area contributed by atoms with Crippen molar-refractivity contribution in [2.45, 2.75) is 51.6 Å². The van der Waals surface area contributed by atoms with E-state index in [1.807, 2.05) is 0 Å². The molecule has 1 aliphatic rings. The van der Waals surface area contributed by atoms with Crippen LogP contribution in [-0.2, 0) is 14.3 Å². The summed E-state index contributed by atoms with van der Waals surface area (Å²) in [5.74, 6) is -1.46. The van der Waals surface area contributed by atoms with Crippen molar-refractivity contribution in [2.75, 3.05) is 0 Å². The summed E-state index contributed by atoms with van der Waals surface area (Å²) in [6, 6.07) is 0. The van der Waals surface area contributed by atoms with Crippen molar-refractivity contribution in [1.82, 2.24) is 0 Å². The molecule has 1 aliphatic carbocycles. The van der Waals surface area contributed by atoms with Crippen molar-refractivity contribution in [1.29, 1.82) is 0 Å². The van der Waals surface area contributed by atoms with E-state index in [1.165, 1.54) is 6.42 Å². The van der Waals surface area contributed by atoms with Crippen LogP contribution in [0.3, 0.4) is 0 Å². The molecule has 1 unspecified atom stereocenters. The number of rotatable bonds is 4. The quantitative estimate of drug-likeness (QED) is 0.727. The summed E-state index contributed by atoms with van der Waals surface area (Å²) in [5.41, 5.74) is 0. The van der Waals surface area contributed by atoms with E-state index in [0.717, 1.165) is 25.7 Å². The van der Waals surface area contributed by atoms with Crippen LogP contribution in [0.5, 0.6) is 0 Å². The minimum atomic E-state index is -1.05. The van der Waals surface area contributed by atoms with Gasteiger partial charge in [0.1, 0.15) is 0 Å². The zero-order valence-corrected chi connectivity index (χ0v) is 9.07. The Kier molecular flexibility index (Phi) is 4.59. The number of hydrogen-bond acceptors (Lipinski definition) is 3. The van der Waals surface area contributed by atoms with Gasteiger partial charge in [0.25, 0.3) is 0 Å². The molecule has 1 N–H and O–H groups in total. The molecule has 0 aliphatic heterocycles. The van der Waals surface area contributed by atoms with Gasteiger partial charge >= 0.3 is 11.9 Å². The van der Waals surface area contributed by atoms with Crippen LogP contribution in [-0.4, -0.2) is 23.1 Å². The van der Waals surface area contributed by atoms with E-state index >= 15 is 0 Å². The maximum absolute atomic E-state index is 11.6. The van der Waals surface area contributed by atoms with Gasteiger partial charge in [-0.25, -0.2) is 4.79 Å². The molecule has 0 saturated heterocycles. The molecule has 15 heavy (non-hydrogen) atoms. The highest BCUT2D eigenvalue weighted by molar-refractivity contribution is 5.79. The second kappa shape index (κ2) is 5.73. The van der Waals surface area contributed by atoms with Gasteiger partial charge in [-0.3, -0.25) is 4.79 Å². The summed E-state index contributed by atoms with van der Waals surface area (Å²) >= 11 is 0. The summed E-state index contributed by atoms with van der Waals surface area (Å²) in [7, 11) is 0. The van der Waals surface area contributed by atoms with Crippen molar-refractivity contribution in [3.63, 3.8) is 0 Å². The first-order chi connectivity index (χ1) is 7.15. The predicted molar refractivity (Wildman–Crippen MR) is 54.4 cm³/mol.